The lowest BCUT2D eigenvalue weighted by molar-refractivity contribution is 0.0746. The minimum absolute atomic E-state index is 0.119. The average molecular weight is 360 g/mol. The molecule has 0 saturated heterocycles. The van der Waals surface area contributed by atoms with Gasteiger partial charge in [0.15, 0.2) is 0 Å². The number of rotatable bonds is 6. The number of nitrogens with zero attached hydrogens (tertiary/aromatic N) is 3. The minimum Gasteiger partial charge on any atom is -0.339 e. The molecule has 5 heteroatoms. The molecular formula is C22H24N4O. The first-order chi connectivity index (χ1) is 13.1. The third-order valence-electron chi connectivity index (χ3n) is 4.54. The second kappa shape index (κ2) is 8.45. The maximum absolute atomic E-state index is 12.7. The molecule has 27 heavy (non-hydrogen) atoms. The van der Waals surface area contributed by atoms with Gasteiger partial charge in [-0.15, -0.1) is 0 Å². The monoisotopic (exact) mass is 360 g/mol. The normalized spacial score (nSPS) is 10.5. The van der Waals surface area contributed by atoms with Crippen LogP contribution in [0.3, 0.4) is 0 Å². The summed E-state index contributed by atoms with van der Waals surface area (Å²) in [6.07, 6.45) is 3.12. The zero-order valence-electron chi connectivity index (χ0n) is 15.9. The Morgan fingerprint density at radius 1 is 1.00 bits per heavy atom. The first-order valence-electron chi connectivity index (χ1n) is 9.06. The molecule has 0 unspecified atom stereocenters. The molecule has 138 valence electrons. The van der Waals surface area contributed by atoms with Crippen molar-refractivity contribution in [2.24, 2.45) is 0 Å². The lowest BCUT2D eigenvalue weighted by Gasteiger charge is -2.20. The lowest BCUT2D eigenvalue weighted by atomic mass is 10.1. The number of aromatic nitrogens is 2. The molecule has 0 fully saturated rings. The van der Waals surface area contributed by atoms with Crippen molar-refractivity contribution in [1.29, 1.82) is 0 Å². The van der Waals surface area contributed by atoms with Crippen molar-refractivity contribution in [1.82, 2.24) is 14.9 Å². The molecule has 1 N–H and O–H groups in total. The summed E-state index contributed by atoms with van der Waals surface area (Å²) in [6, 6.07) is 16.1. The highest BCUT2D eigenvalue weighted by atomic mass is 16.2. The van der Waals surface area contributed by atoms with Gasteiger partial charge >= 0.3 is 0 Å². The Bertz CT molecular complexity index is 907. The Labute approximate surface area is 160 Å². The SMILES string of the molecule is CCN(Cc1ccccc1)C(=O)c1cnc(Nc2ccc(C)c(C)c2)cn1. The zero-order chi connectivity index (χ0) is 19.2. The van der Waals surface area contributed by atoms with Crippen LogP contribution < -0.4 is 5.32 Å². The molecule has 3 rings (SSSR count). The van der Waals surface area contributed by atoms with E-state index in [1.165, 1.54) is 17.3 Å². The summed E-state index contributed by atoms with van der Waals surface area (Å²) in [5.41, 5.74) is 4.84. The second-order valence-electron chi connectivity index (χ2n) is 6.52. The van der Waals surface area contributed by atoms with Gasteiger partial charge in [0.2, 0.25) is 0 Å². The van der Waals surface area contributed by atoms with Crippen molar-refractivity contribution < 1.29 is 4.79 Å². The van der Waals surface area contributed by atoms with Crippen molar-refractivity contribution in [3.8, 4) is 0 Å². The van der Waals surface area contributed by atoms with Crippen LogP contribution in [0.5, 0.6) is 0 Å². The summed E-state index contributed by atoms with van der Waals surface area (Å²) in [7, 11) is 0. The Kier molecular flexibility index (Phi) is 5.81. The maximum Gasteiger partial charge on any atom is 0.274 e. The molecule has 3 aromatic rings. The van der Waals surface area contributed by atoms with Gasteiger partial charge in [0.05, 0.1) is 12.4 Å². The topological polar surface area (TPSA) is 58.1 Å². The number of benzene rings is 2. The Balaban J connectivity index is 1.69. The number of anilines is 2. The molecule has 2 aromatic carbocycles. The van der Waals surface area contributed by atoms with Crippen LogP contribution in [0.25, 0.3) is 0 Å². The summed E-state index contributed by atoms with van der Waals surface area (Å²) in [4.78, 5) is 23.2. The Hall–Kier alpha value is -3.21. The fourth-order valence-corrected chi connectivity index (χ4v) is 2.76. The number of carbonyl (C=O) groups excluding carboxylic acids is 1. The number of amides is 1. The van der Waals surface area contributed by atoms with Crippen molar-refractivity contribution in [2.75, 3.05) is 11.9 Å². The van der Waals surface area contributed by atoms with Gasteiger partial charge < -0.3 is 10.2 Å². The number of aryl methyl sites for hydroxylation is 2. The predicted octanol–water partition coefficient (Wildman–Crippen LogP) is 4.50. The van der Waals surface area contributed by atoms with Crippen LogP contribution in [-0.4, -0.2) is 27.3 Å². The van der Waals surface area contributed by atoms with Crippen LogP contribution in [0, 0.1) is 13.8 Å². The predicted molar refractivity (Wildman–Crippen MR) is 108 cm³/mol. The van der Waals surface area contributed by atoms with E-state index in [9.17, 15) is 4.79 Å². The number of hydrogen-bond donors (Lipinski definition) is 1. The molecule has 0 aliphatic rings. The van der Waals surface area contributed by atoms with Gasteiger partial charge in [-0.1, -0.05) is 36.4 Å². The molecule has 0 radical (unpaired) electrons. The van der Waals surface area contributed by atoms with E-state index in [0.717, 1.165) is 11.3 Å². The first kappa shape index (κ1) is 18.6. The van der Waals surface area contributed by atoms with Gasteiger partial charge in [-0.05, 0) is 49.6 Å². The summed E-state index contributed by atoms with van der Waals surface area (Å²) in [5, 5.41) is 3.22. The van der Waals surface area contributed by atoms with Gasteiger partial charge in [-0.25, -0.2) is 9.97 Å². The number of nitrogens with one attached hydrogen (secondary N) is 1. The van der Waals surface area contributed by atoms with Crippen molar-refractivity contribution >= 4 is 17.4 Å². The van der Waals surface area contributed by atoms with E-state index in [1.54, 1.807) is 11.1 Å². The highest BCUT2D eigenvalue weighted by molar-refractivity contribution is 5.92. The van der Waals surface area contributed by atoms with Gasteiger partial charge in [0.1, 0.15) is 11.5 Å². The fourth-order valence-electron chi connectivity index (χ4n) is 2.76. The zero-order valence-corrected chi connectivity index (χ0v) is 15.9. The molecule has 1 aromatic heterocycles. The van der Waals surface area contributed by atoms with Crippen LogP contribution in [0.2, 0.25) is 0 Å². The summed E-state index contributed by atoms with van der Waals surface area (Å²) in [6.45, 7) is 7.27. The van der Waals surface area contributed by atoms with Crippen LogP contribution in [-0.2, 0) is 6.54 Å². The standard InChI is InChI=1S/C22H24N4O/c1-4-26(15-18-8-6-5-7-9-18)22(27)20-13-24-21(14-23-20)25-19-11-10-16(2)17(3)12-19/h5-14H,4,15H2,1-3H3,(H,24,25). The fraction of sp³-hybridized carbons (Fsp3) is 0.227. The van der Waals surface area contributed by atoms with Gasteiger partial charge in [-0.3, -0.25) is 4.79 Å². The van der Waals surface area contributed by atoms with E-state index in [4.69, 9.17) is 0 Å². The molecule has 1 heterocycles. The van der Waals surface area contributed by atoms with E-state index in [-0.39, 0.29) is 5.91 Å². The van der Waals surface area contributed by atoms with Crippen molar-refractivity contribution in [3.63, 3.8) is 0 Å². The lowest BCUT2D eigenvalue weighted by Crippen LogP contribution is -2.31. The van der Waals surface area contributed by atoms with Crippen molar-refractivity contribution in [2.45, 2.75) is 27.3 Å². The van der Waals surface area contributed by atoms with E-state index < -0.39 is 0 Å². The van der Waals surface area contributed by atoms with E-state index in [2.05, 4.69) is 41.3 Å². The average Bonchev–Trinajstić information content (AvgIpc) is 2.70. The third kappa shape index (κ3) is 4.70. The first-order valence-corrected chi connectivity index (χ1v) is 9.06. The van der Waals surface area contributed by atoms with E-state index >= 15 is 0 Å². The summed E-state index contributed by atoms with van der Waals surface area (Å²) < 4.78 is 0. The van der Waals surface area contributed by atoms with Gasteiger partial charge in [-0.2, -0.15) is 0 Å². The molecule has 5 nitrogen and oxygen atoms in total. The third-order valence-corrected chi connectivity index (χ3v) is 4.54. The molecule has 0 aliphatic heterocycles. The molecule has 0 spiro atoms. The highest BCUT2D eigenvalue weighted by Gasteiger charge is 2.16. The van der Waals surface area contributed by atoms with Crippen molar-refractivity contribution in [3.05, 3.63) is 83.3 Å². The quantitative estimate of drug-likeness (QED) is 0.703. The molecule has 0 saturated carbocycles. The van der Waals surface area contributed by atoms with E-state index in [0.29, 0.717) is 24.6 Å². The second-order valence-corrected chi connectivity index (χ2v) is 6.52. The number of carbonyl (C=O) groups is 1. The number of hydrogen-bond acceptors (Lipinski definition) is 4. The van der Waals surface area contributed by atoms with Crippen LogP contribution >= 0.6 is 0 Å². The van der Waals surface area contributed by atoms with E-state index in [1.807, 2.05) is 43.3 Å². The molecule has 0 aliphatic carbocycles. The smallest absolute Gasteiger partial charge is 0.274 e. The van der Waals surface area contributed by atoms with Crippen LogP contribution in [0.1, 0.15) is 34.1 Å². The summed E-state index contributed by atoms with van der Waals surface area (Å²) >= 11 is 0. The molecule has 0 bridgehead atoms. The van der Waals surface area contributed by atoms with Gasteiger partial charge in [0.25, 0.3) is 5.91 Å². The molecular weight excluding hydrogens is 336 g/mol. The molecule has 1 amide bonds. The Morgan fingerprint density at radius 2 is 1.78 bits per heavy atom. The minimum atomic E-state index is -0.119. The Morgan fingerprint density at radius 3 is 2.41 bits per heavy atom. The highest BCUT2D eigenvalue weighted by Crippen LogP contribution is 2.18. The maximum atomic E-state index is 12.7. The largest absolute Gasteiger partial charge is 0.339 e. The van der Waals surface area contributed by atoms with Gasteiger partial charge in [0, 0.05) is 18.8 Å². The molecule has 0 atom stereocenters. The van der Waals surface area contributed by atoms with Crippen LogP contribution in [0.4, 0.5) is 11.5 Å². The van der Waals surface area contributed by atoms with Crippen LogP contribution in [0.15, 0.2) is 60.9 Å². The summed E-state index contributed by atoms with van der Waals surface area (Å²) in [5.74, 6) is 0.493.